The first-order valence-electron chi connectivity index (χ1n) is 7.99. The van der Waals surface area contributed by atoms with Crippen molar-refractivity contribution in [3.63, 3.8) is 0 Å². The van der Waals surface area contributed by atoms with Gasteiger partial charge in [0.25, 0.3) is 0 Å². The van der Waals surface area contributed by atoms with Crippen molar-refractivity contribution in [3.05, 3.63) is 22.7 Å². The van der Waals surface area contributed by atoms with Crippen LogP contribution in [0.25, 0.3) is 0 Å². The number of rotatable bonds is 2. The summed E-state index contributed by atoms with van der Waals surface area (Å²) in [7, 11) is 2.84. The highest BCUT2D eigenvalue weighted by Gasteiger charge is 2.68. The van der Waals surface area contributed by atoms with Gasteiger partial charge in [-0.15, -0.1) is 0 Å². The first-order valence-corrected chi connectivity index (χ1v) is 7.99. The van der Waals surface area contributed by atoms with Crippen LogP contribution in [-0.2, 0) is 19.1 Å². The van der Waals surface area contributed by atoms with Crippen LogP contribution in [0, 0.1) is 22.7 Å². The predicted octanol–water partition coefficient (Wildman–Crippen LogP) is 2.79. The Morgan fingerprint density at radius 3 is 2.14 bits per heavy atom. The van der Waals surface area contributed by atoms with E-state index < -0.39 is 0 Å². The molecule has 0 unspecified atom stereocenters. The van der Waals surface area contributed by atoms with Gasteiger partial charge >= 0.3 is 0 Å². The Morgan fingerprint density at radius 2 is 1.55 bits per heavy atom. The second-order valence-corrected chi connectivity index (χ2v) is 7.88. The first kappa shape index (κ1) is 14.0. The van der Waals surface area contributed by atoms with Crippen LogP contribution in [0.2, 0.25) is 0 Å². The van der Waals surface area contributed by atoms with Crippen molar-refractivity contribution in [2.24, 2.45) is 22.7 Å². The summed E-state index contributed by atoms with van der Waals surface area (Å²) in [6.07, 6.45) is 3.87. The Kier molecular flexibility index (Phi) is 2.57. The topological polar surface area (TPSA) is 52.6 Å². The summed E-state index contributed by atoms with van der Waals surface area (Å²) in [6, 6.07) is 0. The molecule has 0 aromatic carbocycles. The van der Waals surface area contributed by atoms with Gasteiger partial charge in [-0.2, -0.15) is 0 Å². The highest BCUT2D eigenvalue weighted by atomic mass is 16.5. The van der Waals surface area contributed by atoms with Crippen LogP contribution in [0.15, 0.2) is 22.7 Å². The standard InChI is InChI=1S/C18H22O4/c1-17-6-9-7-18(9,2)12(17)5-10-11(8-17)14(20)16(22-4)15(21-3)13(10)19/h9,12H,5-8H2,1-4H3/t9-,12+,17+,18+/m1/s1. The zero-order chi connectivity index (χ0) is 15.9. The van der Waals surface area contributed by atoms with E-state index in [2.05, 4.69) is 13.8 Å². The van der Waals surface area contributed by atoms with Gasteiger partial charge in [0.2, 0.25) is 23.1 Å². The van der Waals surface area contributed by atoms with Gasteiger partial charge in [0.1, 0.15) is 0 Å². The average Bonchev–Trinajstić information content (AvgIpc) is 3.05. The lowest BCUT2D eigenvalue weighted by molar-refractivity contribution is -0.122. The van der Waals surface area contributed by atoms with E-state index in [0.29, 0.717) is 35.3 Å². The zero-order valence-corrected chi connectivity index (χ0v) is 13.6. The third kappa shape index (κ3) is 1.48. The number of carbonyl (C=O) groups is 2. The fourth-order valence-electron chi connectivity index (χ4n) is 5.52. The molecular weight excluding hydrogens is 280 g/mol. The number of ether oxygens (including phenoxy) is 2. The molecule has 2 saturated carbocycles. The lowest BCUT2D eigenvalue weighted by atomic mass is 9.61. The van der Waals surface area contributed by atoms with E-state index in [1.807, 2.05) is 0 Å². The van der Waals surface area contributed by atoms with Crippen molar-refractivity contribution in [1.29, 1.82) is 0 Å². The van der Waals surface area contributed by atoms with Gasteiger partial charge in [-0.3, -0.25) is 9.59 Å². The second kappa shape index (κ2) is 4.03. The summed E-state index contributed by atoms with van der Waals surface area (Å²) >= 11 is 0. The minimum Gasteiger partial charge on any atom is -0.489 e. The van der Waals surface area contributed by atoms with E-state index in [-0.39, 0.29) is 28.5 Å². The van der Waals surface area contributed by atoms with E-state index in [1.54, 1.807) is 0 Å². The fraction of sp³-hybridized carbons (Fsp3) is 0.667. The largest absolute Gasteiger partial charge is 0.489 e. The molecule has 2 fully saturated rings. The van der Waals surface area contributed by atoms with E-state index in [1.165, 1.54) is 27.1 Å². The molecule has 0 heterocycles. The molecule has 0 radical (unpaired) electrons. The molecule has 0 N–H and O–H groups in total. The molecule has 0 saturated heterocycles. The minimum atomic E-state index is -0.153. The molecule has 0 spiro atoms. The molecule has 4 aliphatic rings. The van der Waals surface area contributed by atoms with Gasteiger partial charge in [0.05, 0.1) is 14.2 Å². The summed E-state index contributed by atoms with van der Waals surface area (Å²) in [4.78, 5) is 25.5. The number of Topliss-reactive ketones (excluding diaryl/α,β-unsaturated/α-hetero) is 2. The number of carbonyl (C=O) groups excluding carboxylic acids is 2. The van der Waals surface area contributed by atoms with Crippen molar-refractivity contribution in [1.82, 2.24) is 0 Å². The van der Waals surface area contributed by atoms with Gasteiger partial charge in [0, 0.05) is 11.1 Å². The molecule has 0 aromatic heterocycles. The third-order valence-electron chi connectivity index (χ3n) is 6.74. The zero-order valence-electron chi connectivity index (χ0n) is 13.6. The van der Waals surface area contributed by atoms with Crippen LogP contribution in [0.1, 0.15) is 39.5 Å². The highest BCUT2D eigenvalue weighted by Crippen LogP contribution is 2.75. The van der Waals surface area contributed by atoms with Crippen LogP contribution in [0.3, 0.4) is 0 Å². The maximum atomic E-state index is 12.8. The van der Waals surface area contributed by atoms with Crippen LogP contribution < -0.4 is 0 Å². The molecule has 4 heteroatoms. The van der Waals surface area contributed by atoms with Crippen molar-refractivity contribution >= 4 is 11.6 Å². The van der Waals surface area contributed by atoms with Gasteiger partial charge in [-0.1, -0.05) is 13.8 Å². The van der Waals surface area contributed by atoms with Crippen LogP contribution >= 0.6 is 0 Å². The number of hydrogen-bond acceptors (Lipinski definition) is 4. The Bertz CT molecular complexity index is 671. The average molecular weight is 302 g/mol. The number of fused-ring (bicyclic) bond motifs is 3. The summed E-state index contributed by atoms with van der Waals surface area (Å²) in [5.41, 5.74) is 1.87. The number of hydrogen-bond donors (Lipinski definition) is 0. The molecule has 22 heavy (non-hydrogen) atoms. The van der Waals surface area contributed by atoms with Gasteiger partial charge in [-0.05, 0) is 48.3 Å². The molecule has 0 aromatic rings. The Morgan fingerprint density at radius 1 is 0.955 bits per heavy atom. The van der Waals surface area contributed by atoms with E-state index >= 15 is 0 Å². The predicted molar refractivity (Wildman–Crippen MR) is 79.7 cm³/mol. The Balaban J connectivity index is 1.78. The van der Waals surface area contributed by atoms with E-state index in [4.69, 9.17) is 9.47 Å². The SMILES string of the molecule is COC1=C(OC)C(=O)C2=C(C[C@H]3[C@](C)(C2)C[C@@H]2C[C@@]23C)C1=O. The summed E-state index contributed by atoms with van der Waals surface area (Å²) < 4.78 is 10.3. The van der Waals surface area contributed by atoms with Gasteiger partial charge < -0.3 is 9.47 Å². The lowest BCUT2D eigenvalue weighted by Gasteiger charge is -2.43. The van der Waals surface area contributed by atoms with E-state index in [0.717, 1.165) is 5.92 Å². The molecule has 0 aliphatic heterocycles. The minimum absolute atomic E-state index is 0.0719. The maximum absolute atomic E-state index is 12.8. The Labute approximate surface area is 130 Å². The molecule has 4 nitrogen and oxygen atoms in total. The van der Waals surface area contributed by atoms with Crippen molar-refractivity contribution in [2.75, 3.05) is 14.2 Å². The Hall–Kier alpha value is -1.58. The van der Waals surface area contributed by atoms with Crippen LogP contribution in [0.4, 0.5) is 0 Å². The second-order valence-electron chi connectivity index (χ2n) is 7.88. The lowest BCUT2D eigenvalue weighted by Crippen LogP contribution is -2.39. The number of ketones is 2. The quantitative estimate of drug-likeness (QED) is 0.736. The van der Waals surface area contributed by atoms with Crippen LogP contribution in [-0.4, -0.2) is 25.8 Å². The maximum Gasteiger partial charge on any atom is 0.228 e. The molecule has 4 atom stereocenters. The monoisotopic (exact) mass is 302 g/mol. The smallest absolute Gasteiger partial charge is 0.228 e. The summed E-state index contributed by atoms with van der Waals surface area (Å²) in [5, 5.41) is 0. The van der Waals surface area contributed by atoms with Crippen molar-refractivity contribution in [3.8, 4) is 0 Å². The van der Waals surface area contributed by atoms with E-state index in [9.17, 15) is 9.59 Å². The van der Waals surface area contributed by atoms with Gasteiger partial charge in [-0.25, -0.2) is 0 Å². The van der Waals surface area contributed by atoms with Crippen molar-refractivity contribution in [2.45, 2.75) is 39.5 Å². The molecule has 4 aliphatic carbocycles. The number of allylic oxidation sites excluding steroid dienone is 2. The summed E-state index contributed by atoms with van der Waals surface area (Å²) in [6.45, 7) is 4.64. The first-order chi connectivity index (χ1) is 10.4. The van der Waals surface area contributed by atoms with Gasteiger partial charge in [0.15, 0.2) is 0 Å². The van der Waals surface area contributed by atoms with Crippen LogP contribution in [0.5, 0.6) is 0 Å². The fourth-order valence-corrected chi connectivity index (χ4v) is 5.52. The molecule has 118 valence electrons. The normalized spacial score (nSPS) is 42.9. The molecule has 0 bridgehead atoms. The highest BCUT2D eigenvalue weighted by molar-refractivity contribution is 6.23. The summed E-state index contributed by atoms with van der Waals surface area (Å²) in [5.74, 6) is 1.12. The molecular formula is C18H22O4. The molecule has 4 rings (SSSR count). The van der Waals surface area contributed by atoms with Crippen molar-refractivity contribution < 1.29 is 19.1 Å². The molecule has 0 amide bonds. The third-order valence-corrected chi connectivity index (χ3v) is 6.74. The number of methoxy groups -OCH3 is 2.